The minimum Gasteiger partial charge on any atom is -0.443 e. The highest BCUT2D eigenvalue weighted by molar-refractivity contribution is 7.13. The Morgan fingerprint density at radius 2 is 1.96 bits per heavy atom. The van der Waals surface area contributed by atoms with Gasteiger partial charge in [0, 0.05) is 5.69 Å². The largest absolute Gasteiger partial charge is 0.443 e. The van der Waals surface area contributed by atoms with Crippen LogP contribution in [0.3, 0.4) is 0 Å². The lowest BCUT2D eigenvalue weighted by molar-refractivity contribution is -0.914. The number of rotatable bonds is 4. The van der Waals surface area contributed by atoms with Gasteiger partial charge in [-0.15, -0.1) is 11.3 Å². The zero-order chi connectivity index (χ0) is 16.4. The van der Waals surface area contributed by atoms with Gasteiger partial charge in [0.15, 0.2) is 0 Å². The maximum atomic E-state index is 13.0. The van der Waals surface area contributed by atoms with Crippen molar-refractivity contribution in [3.63, 3.8) is 0 Å². The van der Waals surface area contributed by atoms with Crippen LogP contribution < -0.4 is 9.80 Å². The van der Waals surface area contributed by atoms with E-state index in [1.165, 1.54) is 17.0 Å². The quantitative estimate of drug-likeness (QED) is 0.789. The van der Waals surface area contributed by atoms with Crippen LogP contribution in [0.5, 0.6) is 0 Å². The summed E-state index contributed by atoms with van der Waals surface area (Å²) in [4.78, 5) is 9.48. The van der Waals surface area contributed by atoms with E-state index in [0.717, 1.165) is 49.0 Å². The van der Waals surface area contributed by atoms with Crippen LogP contribution in [0.4, 0.5) is 10.1 Å². The van der Waals surface area contributed by atoms with Crippen molar-refractivity contribution >= 4 is 17.0 Å². The maximum absolute atomic E-state index is 13.0. The summed E-state index contributed by atoms with van der Waals surface area (Å²) in [6, 6.07) is 10.8. The Bertz CT molecular complexity index is 777. The van der Waals surface area contributed by atoms with Crippen LogP contribution in [0.15, 0.2) is 52.5 Å². The zero-order valence-corrected chi connectivity index (χ0v) is 14.1. The number of hydrogen-bond acceptors (Lipinski definition) is 4. The van der Waals surface area contributed by atoms with Gasteiger partial charge in [-0.3, -0.25) is 0 Å². The predicted octanol–water partition coefficient (Wildman–Crippen LogP) is 2.45. The molecular formula is C18H19FN3OS+. The Labute approximate surface area is 144 Å². The number of oxazole rings is 1. The summed E-state index contributed by atoms with van der Waals surface area (Å²) in [5.41, 5.74) is 2.10. The van der Waals surface area contributed by atoms with E-state index in [1.807, 2.05) is 29.6 Å². The predicted molar refractivity (Wildman–Crippen MR) is 92.8 cm³/mol. The molecule has 2 aromatic heterocycles. The molecule has 0 atom stereocenters. The number of aromatic nitrogens is 1. The smallest absolute Gasteiger partial charge is 0.236 e. The molecule has 1 aliphatic heterocycles. The first-order chi connectivity index (χ1) is 11.8. The number of nitrogens with zero attached hydrogens (tertiary/aromatic N) is 2. The van der Waals surface area contributed by atoms with Crippen LogP contribution in [-0.2, 0) is 6.54 Å². The normalized spacial score (nSPS) is 15.8. The fourth-order valence-corrected chi connectivity index (χ4v) is 3.72. The first-order valence-corrected chi connectivity index (χ1v) is 8.98. The van der Waals surface area contributed by atoms with E-state index in [-0.39, 0.29) is 5.82 Å². The van der Waals surface area contributed by atoms with Gasteiger partial charge in [-0.05, 0) is 35.7 Å². The SMILES string of the molecule is Fc1ccc(N2CC[NH+](Cc3coc(-c4cccs4)n3)CC2)cc1. The van der Waals surface area contributed by atoms with Gasteiger partial charge in [0.05, 0.1) is 31.1 Å². The third-order valence-electron chi connectivity index (χ3n) is 4.38. The van der Waals surface area contributed by atoms with Crippen LogP contribution in [0.1, 0.15) is 5.69 Å². The zero-order valence-electron chi connectivity index (χ0n) is 13.2. The summed E-state index contributed by atoms with van der Waals surface area (Å²) in [5.74, 6) is 0.528. The van der Waals surface area contributed by atoms with E-state index >= 15 is 0 Å². The number of hydrogen-bond donors (Lipinski definition) is 1. The van der Waals surface area contributed by atoms with Gasteiger partial charge in [0.1, 0.15) is 24.3 Å². The highest BCUT2D eigenvalue weighted by Crippen LogP contribution is 2.23. The first kappa shape index (κ1) is 15.4. The van der Waals surface area contributed by atoms with Crippen molar-refractivity contribution < 1.29 is 13.7 Å². The molecule has 0 saturated carbocycles. The van der Waals surface area contributed by atoms with Crippen LogP contribution in [0.25, 0.3) is 10.8 Å². The molecule has 0 amide bonds. The second kappa shape index (κ2) is 6.75. The summed E-state index contributed by atoms with van der Waals surface area (Å²) in [6.45, 7) is 4.90. The van der Waals surface area contributed by atoms with Gasteiger partial charge in [-0.1, -0.05) is 6.07 Å². The van der Waals surface area contributed by atoms with Gasteiger partial charge >= 0.3 is 0 Å². The summed E-state index contributed by atoms with van der Waals surface area (Å²) >= 11 is 1.64. The van der Waals surface area contributed by atoms with Crippen molar-refractivity contribution in [3.8, 4) is 10.8 Å². The number of quaternary nitrogens is 1. The van der Waals surface area contributed by atoms with Crippen LogP contribution >= 0.6 is 11.3 Å². The molecule has 6 heteroatoms. The molecule has 3 heterocycles. The molecule has 0 unspecified atom stereocenters. The number of piperazine rings is 1. The van der Waals surface area contributed by atoms with Gasteiger partial charge < -0.3 is 14.2 Å². The van der Waals surface area contributed by atoms with Crippen molar-refractivity contribution in [2.24, 2.45) is 0 Å². The van der Waals surface area contributed by atoms with E-state index in [9.17, 15) is 4.39 Å². The second-order valence-corrected chi connectivity index (χ2v) is 6.96. The highest BCUT2D eigenvalue weighted by atomic mass is 32.1. The Hall–Kier alpha value is -2.18. The molecule has 1 saturated heterocycles. The molecule has 0 bridgehead atoms. The molecule has 1 N–H and O–H groups in total. The highest BCUT2D eigenvalue weighted by Gasteiger charge is 2.21. The van der Waals surface area contributed by atoms with E-state index in [0.29, 0.717) is 5.89 Å². The number of anilines is 1. The Kier molecular flexibility index (Phi) is 4.32. The van der Waals surface area contributed by atoms with Gasteiger partial charge in [0.25, 0.3) is 0 Å². The Balaban J connectivity index is 1.34. The lowest BCUT2D eigenvalue weighted by Crippen LogP contribution is -3.13. The Morgan fingerprint density at radius 1 is 1.17 bits per heavy atom. The minimum absolute atomic E-state index is 0.185. The molecule has 1 aromatic carbocycles. The van der Waals surface area contributed by atoms with Gasteiger partial charge in [-0.25, -0.2) is 9.37 Å². The summed E-state index contributed by atoms with van der Waals surface area (Å²) in [6.07, 6.45) is 1.77. The molecule has 1 aliphatic rings. The molecule has 0 spiro atoms. The van der Waals surface area contributed by atoms with Crippen molar-refractivity contribution in [1.29, 1.82) is 0 Å². The first-order valence-electron chi connectivity index (χ1n) is 8.10. The van der Waals surface area contributed by atoms with Crippen molar-refractivity contribution in [2.75, 3.05) is 31.1 Å². The lowest BCUT2D eigenvalue weighted by Gasteiger charge is -2.33. The average molecular weight is 344 g/mol. The molecule has 4 nitrogen and oxygen atoms in total. The van der Waals surface area contributed by atoms with E-state index in [4.69, 9.17) is 4.42 Å². The van der Waals surface area contributed by atoms with E-state index < -0.39 is 0 Å². The number of benzene rings is 1. The van der Waals surface area contributed by atoms with E-state index in [2.05, 4.69) is 9.88 Å². The number of nitrogens with one attached hydrogen (secondary N) is 1. The fourth-order valence-electron chi connectivity index (χ4n) is 3.07. The fraction of sp³-hybridized carbons (Fsp3) is 0.278. The van der Waals surface area contributed by atoms with Gasteiger partial charge in [-0.2, -0.15) is 0 Å². The molecule has 3 aromatic rings. The molecule has 4 rings (SSSR count). The average Bonchev–Trinajstić information content (AvgIpc) is 3.28. The second-order valence-electron chi connectivity index (χ2n) is 6.01. The third kappa shape index (κ3) is 3.34. The molecule has 24 heavy (non-hydrogen) atoms. The minimum atomic E-state index is -0.185. The standard InChI is InChI=1S/C18H18FN3OS/c19-14-3-5-16(6-4-14)22-9-7-21(8-10-22)12-15-13-23-18(20-15)17-2-1-11-24-17/h1-6,11,13H,7-10,12H2/p+1. The van der Waals surface area contributed by atoms with E-state index in [1.54, 1.807) is 17.6 Å². The molecular weight excluding hydrogens is 325 g/mol. The summed E-state index contributed by atoms with van der Waals surface area (Å²) < 4.78 is 18.6. The molecule has 0 radical (unpaired) electrons. The number of thiophene rings is 1. The van der Waals surface area contributed by atoms with Crippen LogP contribution in [0.2, 0.25) is 0 Å². The maximum Gasteiger partial charge on any atom is 0.236 e. The lowest BCUT2D eigenvalue weighted by atomic mass is 10.2. The van der Waals surface area contributed by atoms with Crippen LogP contribution in [-0.4, -0.2) is 31.2 Å². The topological polar surface area (TPSA) is 33.7 Å². The van der Waals surface area contributed by atoms with Crippen LogP contribution in [0, 0.1) is 5.82 Å². The summed E-state index contributed by atoms with van der Waals surface area (Å²) in [7, 11) is 0. The van der Waals surface area contributed by atoms with Gasteiger partial charge in [0.2, 0.25) is 5.89 Å². The summed E-state index contributed by atoms with van der Waals surface area (Å²) in [5, 5.41) is 2.03. The van der Waals surface area contributed by atoms with Crippen molar-refractivity contribution in [3.05, 3.63) is 59.6 Å². The molecule has 124 valence electrons. The van der Waals surface area contributed by atoms with Crippen molar-refractivity contribution in [1.82, 2.24) is 4.98 Å². The third-order valence-corrected chi connectivity index (χ3v) is 5.24. The van der Waals surface area contributed by atoms with Crippen molar-refractivity contribution in [2.45, 2.75) is 6.54 Å². The Morgan fingerprint density at radius 3 is 2.67 bits per heavy atom. The monoisotopic (exact) mass is 344 g/mol. The number of halogens is 1. The molecule has 1 fully saturated rings. The molecule has 0 aliphatic carbocycles.